The highest BCUT2D eigenvalue weighted by atomic mass is 32.2. The number of carbonyl (C=O) groups is 1. The van der Waals surface area contributed by atoms with E-state index in [-0.39, 0.29) is 17.1 Å². The maximum Gasteiger partial charge on any atom is 0.235 e. The number of aromatic nitrogens is 3. The lowest BCUT2D eigenvalue weighted by atomic mass is 9.72. The molecule has 4 rings (SSSR count). The van der Waals surface area contributed by atoms with Crippen molar-refractivity contribution < 1.29 is 4.79 Å². The monoisotopic (exact) mass is 493 g/mol. The van der Waals surface area contributed by atoms with Gasteiger partial charge in [-0.2, -0.15) is 5.26 Å². The molecule has 0 unspecified atom stereocenters. The Balaban J connectivity index is 1.46. The van der Waals surface area contributed by atoms with Gasteiger partial charge in [0.25, 0.3) is 0 Å². The number of fused-ring (bicyclic) bond motifs is 1. The van der Waals surface area contributed by atoms with Crippen LogP contribution in [0, 0.1) is 29.6 Å². The number of nitriles is 1. The van der Waals surface area contributed by atoms with E-state index in [0.717, 1.165) is 46.9 Å². The van der Waals surface area contributed by atoms with Crippen molar-refractivity contribution >= 4 is 34.0 Å². The van der Waals surface area contributed by atoms with Crippen LogP contribution in [-0.4, -0.2) is 26.4 Å². The topological polar surface area (TPSA) is 83.6 Å². The first kappa shape index (κ1) is 24.5. The molecule has 2 aromatic heterocycles. The zero-order chi connectivity index (χ0) is 24.5. The van der Waals surface area contributed by atoms with Crippen molar-refractivity contribution in [2.24, 2.45) is 11.3 Å². The third-order valence-corrected chi connectivity index (χ3v) is 8.74. The third kappa shape index (κ3) is 4.91. The summed E-state index contributed by atoms with van der Waals surface area (Å²) in [4.78, 5) is 14.1. The van der Waals surface area contributed by atoms with E-state index >= 15 is 0 Å². The molecule has 1 aromatic carbocycles. The number of anilines is 1. The van der Waals surface area contributed by atoms with Crippen molar-refractivity contribution in [1.29, 1.82) is 5.26 Å². The summed E-state index contributed by atoms with van der Waals surface area (Å²) in [6, 6.07) is 10.4. The third-order valence-electron chi connectivity index (χ3n) is 6.61. The van der Waals surface area contributed by atoms with Gasteiger partial charge in [-0.05, 0) is 55.6 Å². The van der Waals surface area contributed by atoms with Gasteiger partial charge in [0.15, 0.2) is 11.0 Å². The molecule has 8 heteroatoms. The van der Waals surface area contributed by atoms with Gasteiger partial charge in [-0.25, -0.2) is 0 Å². The van der Waals surface area contributed by atoms with E-state index in [2.05, 4.69) is 62.3 Å². The van der Waals surface area contributed by atoms with Crippen molar-refractivity contribution in [2.45, 2.75) is 65.6 Å². The minimum absolute atomic E-state index is 0.129. The van der Waals surface area contributed by atoms with Gasteiger partial charge in [0.1, 0.15) is 11.1 Å². The average Bonchev–Trinajstić information content (AvgIpc) is 3.36. The number of thiophene rings is 1. The molecule has 0 spiro atoms. The maximum atomic E-state index is 12.8. The average molecular weight is 494 g/mol. The zero-order valence-electron chi connectivity index (χ0n) is 20.4. The molecule has 0 saturated heterocycles. The van der Waals surface area contributed by atoms with Gasteiger partial charge in [0, 0.05) is 17.0 Å². The lowest BCUT2D eigenvalue weighted by Gasteiger charge is -2.33. The number of carbonyl (C=O) groups excluding carboxylic acids is 1. The van der Waals surface area contributed by atoms with Crippen LogP contribution < -0.4 is 5.32 Å². The van der Waals surface area contributed by atoms with Crippen LogP contribution in [0.5, 0.6) is 0 Å². The predicted molar refractivity (Wildman–Crippen MR) is 139 cm³/mol. The summed E-state index contributed by atoms with van der Waals surface area (Å²) in [6.45, 7) is 11.7. The molecule has 0 aliphatic heterocycles. The molecule has 1 aliphatic rings. The van der Waals surface area contributed by atoms with Gasteiger partial charge in [0.05, 0.1) is 11.3 Å². The van der Waals surface area contributed by atoms with E-state index in [1.54, 1.807) is 11.3 Å². The zero-order valence-corrected chi connectivity index (χ0v) is 22.1. The maximum absolute atomic E-state index is 12.8. The molecule has 0 radical (unpaired) electrons. The number of hydrogen-bond acceptors (Lipinski definition) is 6. The number of nitrogens with one attached hydrogen (secondary N) is 1. The molecule has 178 valence electrons. The summed E-state index contributed by atoms with van der Waals surface area (Å²) >= 11 is 2.94. The van der Waals surface area contributed by atoms with Crippen molar-refractivity contribution in [3.8, 4) is 17.5 Å². The second kappa shape index (κ2) is 9.93. The molecule has 1 N–H and O–H groups in total. The minimum atomic E-state index is -0.129. The second-order valence-corrected chi connectivity index (χ2v) is 11.9. The number of rotatable bonds is 6. The first-order chi connectivity index (χ1) is 16.2. The van der Waals surface area contributed by atoms with Crippen LogP contribution in [0.3, 0.4) is 0 Å². The number of benzene rings is 1. The molecule has 0 bridgehead atoms. The molecule has 1 atom stereocenters. The summed E-state index contributed by atoms with van der Waals surface area (Å²) in [5.74, 6) is 1.49. The van der Waals surface area contributed by atoms with Gasteiger partial charge >= 0.3 is 0 Å². The summed E-state index contributed by atoms with van der Waals surface area (Å²) < 4.78 is 2.04. The lowest BCUT2D eigenvalue weighted by Crippen LogP contribution is -2.26. The van der Waals surface area contributed by atoms with Crippen LogP contribution in [0.15, 0.2) is 29.4 Å². The fourth-order valence-electron chi connectivity index (χ4n) is 4.53. The van der Waals surface area contributed by atoms with E-state index in [0.29, 0.717) is 23.0 Å². The molecule has 1 amide bonds. The Morgan fingerprint density at radius 3 is 2.76 bits per heavy atom. The Morgan fingerprint density at radius 1 is 1.32 bits per heavy atom. The molecular formula is C26H31N5OS2. The standard InChI is InChI=1S/C26H31N5OS2/c1-6-31-23(18-10-8-7-9-16(18)2)29-30-25(31)33-15-22(32)28-24-20(14-27)19-12-11-17(26(3,4)5)13-21(19)34-24/h7-10,17H,6,11-13,15H2,1-5H3,(H,28,32)/t17-/m1/s1. The Hall–Kier alpha value is -2.63. The minimum Gasteiger partial charge on any atom is -0.316 e. The van der Waals surface area contributed by atoms with E-state index in [1.165, 1.54) is 16.6 Å². The van der Waals surface area contributed by atoms with Crippen LogP contribution in [0.4, 0.5) is 5.00 Å². The predicted octanol–water partition coefficient (Wildman–Crippen LogP) is 6.09. The first-order valence-electron chi connectivity index (χ1n) is 11.7. The highest BCUT2D eigenvalue weighted by Gasteiger charge is 2.32. The second-order valence-electron chi connectivity index (χ2n) is 9.83. The molecule has 34 heavy (non-hydrogen) atoms. The largest absolute Gasteiger partial charge is 0.316 e. The molecular weight excluding hydrogens is 462 g/mol. The highest BCUT2D eigenvalue weighted by molar-refractivity contribution is 7.99. The van der Waals surface area contributed by atoms with Crippen LogP contribution >= 0.6 is 23.1 Å². The molecule has 6 nitrogen and oxygen atoms in total. The highest BCUT2D eigenvalue weighted by Crippen LogP contribution is 2.44. The number of thioether (sulfide) groups is 1. The summed E-state index contributed by atoms with van der Waals surface area (Å²) in [7, 11) is 0. The van der Waals surface area contributed by atoms with Gasteiger partial charge in [-0.1, -0.05) is 56.8 Å². The van der Waals surface area contributed by atoms with E-state index in [1.807, 2.05) is 22.8 Å². The summed E-state index contributed by atoms with van der Waals surface area (Å²) in [5, 5.41) is 22.9. The van der Waals surface area contributed by atoms with Crippen molar-refractivity contribution in [1.82, 2.24) is 14.8 Å². The number of hydrogen-bond donors (Lipinski definition) is 1. The SMILES string of the molecule is CCn1c(SCC(=O)Nc2sc3c(c2C#N)CC[C@@H](C(C)(C)C)C3)nnc1-c1ccccc1C. The smallest absolute Gasteiger partial charge is 0.235 e. The lowest BCUT2D eigenvalue weighted by molar-refractivity contribution is -0.113. The Morgan fingerprint density at radius 2 is 2.09 bits per heavy atom. The Kier molecular flexibility index (Phi) is 7.15. The van der Waals surface area contributed by atoms with Gasteiger partial charge < -0.3 is 9.88 Å². The molecule has 1 aliphatic carbocycles. The van der Waals surface area contributed by atoms with Crippen molar-refractivity contribution in [3.63, 3.8) is 0 Å². The molecule has 2 heterocycles. The van der Waals surface area contributed by atoms with Gasteiger partial charge in [-0.15, -0.1) is 21.5 Å². The molecule has 0 saturated carbocycles. The number of nitrogens with zero attached hydrogens (tertiary/aromatic N) is 4. The van der Waals surface area contributed by atoms with E-state index in [4.69, 9.17) is 0 Å². The van der Waals surface area contributed by atoms with Gasteiger partial charge in [0.2, 0.25) is 5.91 Å². The summed E-state index contributed by atoms with van der Waals surface area (Å²) in [5.41, 5.74) is 4.19. The number of amides is 1. The van der Waals surface area contributed by atoms with Crippen LogP contribution in [0.1, 0.15) is 55.7 Å². The Labute approximate surface area is 209 Å². The van der Waals surface area contributed by atoms with Crippen molar-refractivity contribution in [2.75, 3.05) is 11.1 Å². The normalized spacial score (nSPS) is 15.6. The van der Waals surface area contributed by atoms with Crippen LogP contribution in [0.2, 0.25) is 0 Å². The Bertz CT molecular complexity index is 1250. The first-order valence-corrected chi connectivity index (χ1v) is 13.5. The summed E-state index contributed by atoms with van der Waals surface area (Å²) in [6.07, 6.45) is 2.97. The quantitative estimate of drug-likeness (QED) is 0.420. The molecule has 3 aromatic rings. The van der Waals surface area contributed by atoms with E-state index < -0.39 is 0 Å². The molecule has 0 fully saturated rings. The van der Waals surface area contributed by atoms with Crippen LogP contribution in [0.25, 0.3) is 11.4 Å². The fourth-order valence-corrected chi connectivity index (χ4v) is 6.62. The van der Waals surface area contributed by atoms with Gasteiger partial charge in [-0.3, -0.25) is 4.79 Å². The van der Waals surface area contributed by atoms with E-state index in [9.17, 15) is 10.1 Å². The number of aryl methyl sites for hydroxylation is 1. The van der Waals surface area contributed by atoms with Crippen molar-refractivity contribution in [3.05, 3.63) is 45.8 Å². The fraction of sp³-hybridized carbons (Fsp3) is 0.462. The van der Waals surface area contributed by atoms with Crippen LogP contribution in [-0.2, 0) is 24.2 Å².